The minimum atomic E-state index is -0.870. The Morgan fingerprint density at radius 3 is 1.96 bits per heavy atom. The minimum absolute atomic E-state index is 0.0473. The molecule has 0 aromatic heterocycles. The molecule has 1 atom stereocenters. The second-order valence-corrected chi connectivity index (χ2v) is 6.96. The van der Waals surface area contributed by atoms with Gasteiger partial charge in [0.15, 0.2) is 0 Å². The van der Waals surface area contributed by atoms with Crippen LogP contribution in [0.15, 0.2) is 48.5 Å². The molecule has 0 saturated carbocycles. The maximum atomic E-state index is 12.3. The number of rotatable bonds is 4. The summed E-state index contributed by atoms with van der Waals surface area (Å²) in [6.07, 6.45) is 0. The van der Waals surface area contributed by atoms with Crippen LogP contribution in [-0.2, 0) is 10.2 Å². The van der Waals surface area contributed by atoms with Crippen molar-refractivity contribution >= 4 is 17.6 Å². The highest BCUT2D eigenvalue weighted by Gasteiger charge is 2.15. The quantitative estimate of drug-likeness (QED) is 0.874. The van der Waals surface area contributed by atoms with Crippen molar-refractivity contribution in [2.45, 2.75) is 39.0 Å². The van der Waals surface area contributed by atoms with Crippen molar-refractivity contribution < 1.29 is 14.7 Å². The molecule has 0 aliphatic carbocycles. The SMILES string of the molecule is CC(C(=O)O)c1ccc(NC(=O)c2ccc(C(C)(C)C)cc2)cc1. The van der Waals surface area contributed by atoms with Crippen LogP contribution in [0.1, 0.15) is 55.1 Å². The molecule has 126 valence electrons. The topological polar surface area (TPSA) is 66.4 Å². The third-order valence-electron chi connectivity index (χ3n) is 4.05. The van der Waals surface area contributed by atoms with Crippen LogP contribution in [0.3, 0.4) is 0 Å². The molecule has 0 fully saturated rings. The fraction of sp³-hybridized carbons (Fsp3) is 0.300. The zero-order valence-corrected chi connectivity index (χ0v) is 14.5. The fourth-order valence-corrected chi connectivity index (χ4v) is 2.32. The molecule has 2 aromatic carbocycles. The molecule has 0 spiro atoms. The predicted octanol–water partition coefficient (Wildman–Crippen LogP) is 4.42. The number of hydrogen-bond acceptors (Lipinski definition) is 2. The molecule has 2 rings (SSSR count). The van der Waals surface area contributed by atoms with Crippen LogP contribution < -0.4 is 5.32 Å². The highest BCUT2D eigenvalue weighted by molar-refractivity contribution is 6.04. The molecule has 1 unspecified atom stereocenters. The van der Waals surface area contributed by atoms with E-state index in [0.717, 1.165) is 0 Å². The fourth-order valence-electron chi connectivity index (χ4n) is 2.32. The van der Waals surface area contributed by atoms with Gasteiger partial charge in [0, 0.05) is 11.3 Å². The molecule has 1 amide bonds. The minimum Gasteiger partial charge on any atom is -0.481 e. The lowest BCUT2D eigenvalue weighted by molar-refractivity contribution is -0.138. The molecule has 0 radical (unpaired) electrons. The number of carbonyl (C=O) groups excluding carboxylic acids is 1. The van der Waals surface area contributed by atoms with Gasteiger partial charge in [0.25, 0.3) is 5.91 Å². The van der Waals surface area contributed by atoms with E-state index in [1.54, 1.807) is 31.2 Å². The Morgan fingerprint density at radius 2 is 1.50 bits per heavy atom. The van der Waals surface area contributed by atoms with Gasteiger partial charge in [0.05, 0.1) is 5.92 Å². The zero-order valence-electron chi connectivity index (χ0n) is 14.5. The first-order valence-corrected chi connectivity index (χ1v) is 7.93. The molecule has 2 aromatic rings. The molecule has 0 bridgehead atoms. The van der Waals surface area contributed by atoms with E-state index < -0.39 is 11.9 Å². The van der Waals surface area contributed by atoms with Gasteiger partial charge in [-0.1, -0.05) is 45.0 Å². The Labute approximate surface area is 142 Å². The summed E-state index contributed by atoms with van der Waals surface area (Å²) < 4.78 is 0. The monoisotopic (exact) mass is 325 g/mol. The summed E-state index contributed by atoms with van der Waals surface area (Å²) in [4.78, 5) is 23.3. The Bertz CT molecular complexity index is 725. The van der Waals surface area contributed by atoms with Gasteiger partial charge < -0.3 is 10.4 Å². The van der Waals surface area contributed by atoms with Crippen LogP contribution in [-0.4, -0.2) is 17.0 Å². The first-order valence-electron chi connectivity index (χ1n) is 7.93. The van der Waals surface area contributed by atoms with Crippen molar-refractivity contribution in [3.8, 4) is 0 Å². The number of aliphatic carboxylic acids is 1. The summed E-state index contributed by atoms with van der Waals surface area (Å²) in [5.74, 6) is -1.63. The van der Waals surface area contributed by atoms with Crippen molar-refractivity contribution in [3.63, 3.8) is 0 Å². The molecule has 24 heavy (non-hydrogen) atoms. The van der Waals surface area contributed by atoms with E-state index in [9.17, 15) is 9.59 Å². The third-order valence-corrected chi connectivity index (χ3v) is 4.05. The lowest BCUT2D eigenvalue weighted by atomic mass is 9.87. The van der Waals surface area contributed by atoms with Gasteiger partial charge in [0.1, 0.15) is 0 Å². The van der Waals surface area contributed by atoms with Crippen molar-refractivity contribution in [3.05, 3.63) is 65.2 Å². The average molecular weight is 325 g/mol. The van der Waals surface area contributed by atoms with Crippen molar-refractivity contribution in [1.29, 1.82) is 0 Å². The van der Waals surface area contributed by atoms with Crippen LogP contribution in [0.5, 0.6) is 0 Å². The summed E-state index contributed by atoms with van der Waals surface area (Å²) in [5, 5.41) is 11.8. The smallest absolute Gasteiger partial charge is 0.310 e. The van der Waals surface area contributed by atoms with Crippen molar-refractivity contribution in [2.75, 3.05) is 5.32 Å². The van der Waals surface area contributed by atoms with Gasteiger partial charge in [-0.3, -0.25) is 9.59 Å². The molecule has 4 heteroatoms. The predicted molar refractivity (Wildman–Crippen MR) is 95.6 cm³/mol. The van der Waals surface area contributed by atoms with E-state index in [2.05, 4.69) is 26.1 Å². The number of carbonyl (C=O) groups is 2. The van der Waals surface area contributed by atoms with E-state index in [4.69, 9.17) is 5.11 Å². The van der Waals surface area contributed by atoms with Crippen LogP contribution in [0.2, 0.25) is 0 Å². The lowest BCUT2D eigenvalue weighted by Gasteiger charge is -2.19. The molecular weight excluding hydrogens is 302 g/mol. The highest BCUT2D eigenvalue weighted by Crippen LogP contribution is 2.23. The van der Waals surface area contributed by atoms with Crippen LogP contribution in [0, 0.1) is 0 Å². The Hall–Kier alpha value is -2.62. The van der Waals surface area contributed by atoms with E-state index in [-0.39, 0.29) is 11.3 Å². The summed E-state index contributed by atoms with van der Waals surface area (Å²) in [7, 11) is 0. The second-order valence-electron chi connectivity index (χ2n) is 6.96. The van der Waals surface area contributed by atoms with Crippen LogP contribution >= 0.6 is 0 Å². The van der Waals surface area contributed by atoms with Crippen molar-refractivity contribution in [1.82, 2.24) is 0 Å². The highest BCUT2D eigenvalue weighted by atomic mass is 16.4. The second kappa shape index (κ2) is 6.87. The molecule has 0 saturated heterocycles. The van der Waals surface area contributed by atoms with Gasteiger partial charge in [0.2, 0.25) is 0 Å². The number of amides is 1. The van der Waals surface area contributed by atoms with Gasteiger partial charge in [-0.05, 0) is 47.7 Å². The van der Waals surface area contributed by atoms with Gasteiger partial charge >= 0.3 is 5.97 Å². The van der Waals surface area contributed by atoms with Crippen molar-refractivity contribution in [2.24, 2.45) is 0 Å². The normalized spacial score (nSPS) is 12.5. The summed E-state index contributed by atoms with van der Waals surface area (Å²) >= 11 is 0. The van der Waals surface area contributed by atoms with E-state index in [0.29, 0.717) is 16.8 Å². The molecule has 4 nitrogen and oxygen atoms in total. The van der Waals surface area contributed by atoms with E-state index in [1.165, 1.54) is 5.56 Å². The number of carboxylic acids is 1. The van der Waals surface area contributed by atoms with Gasteiger partial charge in [-0.15, -0.1) is 0 Å². The number of hydrogen-bond donors (Lipinski definition) is 2. The number of nitrogens with one attached hydrogen (secondary N) is 1. The first kappa shape index (κ1) is 17.7. The Balaban J connectivity index is 2.08. The summed E-state index contributed by atoms with van der Waals surface area (Å²) in [6.45, 7) is 8.01. The first-order chi connectivity index (χ1) is 11.2. The van der Waals surface area contributed by atoms with Gasteiger partial charge in [-0.2, -0.15) is 0 Å². The summed E-state index contributed by atoms with van der Waals surface area (Å²) in [5.41, 5.74) is 3.15. The maximum Gasteiger partial charge on any atom is 0.310 e. The zero-order chi connectivity index (χ0) is 17.9. The van der Waals surface area contributed by atoms with Crippen LogP contribution in [0.25, 0.3) is 0 Å². The molecule has 2 N–H and O–H groups in total. The maximum absolute atomic E-state index is 12.3. The molecular formula is C20H23NO3. The van der Waals surface area contributed by atoms with E-state index in [1.807, 2.05) is 24.3 Å². The number of anilines is 1. The molecule has 0 aliphatic rings. The summed E-state index contributed by atoms with van der Waals surface area (Å²) in [6, 6.07) is 14.4. The average Bonchev–Trinajstić information content (AvgIpc) is 2.54. The number of benzene rings is 2. The molecule has 0 aliphatic heterocycles. The molecule has 0 heterocycles. The van der Waals surface area contributed by atoms with Gasteiger partial charge in [-0.25, -0.2) is 0 Å². The third kappa shape index (κ3) is 4.22. The number of carboxylic acid groups (broad SMARTS) is 1. The largest absolute Gasteiger partial charge is 0.481 e. The lowest BCUT2D eigenvalue weighted by Crippen LogP contribution is -2.14. The Kier molecular flexibility index (Phi) is 5.07. The van der Waals surface area contributed by atoms with Crippen LogP contribution in [0.4, 0.5) is 5.69 Å². The van der Waals surface area contributed by atoms with E-state index >= 15 is 0 Å². The Morgan fingerprint density at radius 1 is 0.958 bits per heavy atom. The standard InChI is InChI=1S/C20H23NO3/c1-13(19(23)24)14-7-11-17(12-8-14)21-18(22)15-5-9-16(10-6-15)20(2,3)4/h5-13H,1-4H3,(H,21,22)(H,23,24).